The highest BCUT2D eigenvalue weighted by molar-refractivity contribution is 8.01. The maximum absolute atomic E-state index is 12.9. The van der Waals surface area contributed by atoms with Crippen molar-refractivity contribution in [2.45, 2.75) is 10.5 Å². The summed E-state index contributed by atoms with van der Waals surface area (Å²) in [5.74, 6) is -1.04. The van der Waals surface area contributed by atoms with Gasteiger partial charge in [-0.3, -0.25) is 9.59 Å². The van der Waals surface area contributed by atoms with Crippen molar-refractivity contribution in [1.29, 1.82) is 0 Å². The summed E-state index contributed by atoms with van der Waals surface area (Å²) in [6, 6.07) is 5.70. The van der Waals surface area contributed by atoms with Crippen molar-refractivity contribution >= 4 is 45.0 Å². The van der Waals surface area contributed by atoms with E-state index in [9.17, 15) is 27.9 Å². The third-order valence-corrected chi connectivity index (χ3v) is 5.40. The van der Waals surface area contributed by atoms with Crippen LogP contribution in [0.1, 0.15) is 5.56 Å². The lowest BCUT2D eigenvalue weighted by molar-refractivity contribution is -0.137. The number of hydrogen-bond donors (Lipinski definition) is 3. The predicted octanol–water partition coefficient (Wildman–Crippen LogP) is 3.44. The van der Waals surface area contributed by atoms with Crippen LogP contribution in [0.2, 0.25) is 0 Å². The molecule has 0 atom stereocenters. The first-order chi connectivity index (χ1) is 12.2. The van der Waals surface area contributed by atoms with E-state index in [1.165, 1.54) is 18.2 Å². The molecule has 0 saturated heterocycles. The third-order valence-electron chi connectivity index (χ3n) is 3.18. The molecule has 3 aromatic rings. The molecule has 11 heteroatoms. The topological polar surface area (TPSA) is 95.1 Å². The highest BCUT2D eigenvalue weighted by Crippen LogP contribution is 2.35. The first-order valence-electron chi connectivity index (χ1n) is 7.06. The van der Waals surface area contributed by atoms with Crippen molar-refractivity contribution in [3.8, 4) is 5.75 Å². The number of halogens is 3. The lowest BCUT2D eigenvalue weighted by atomic mass is 10.1. The Kier molecular flexibility index (Phi) is 4.92. The number of para-hydroxylation sites is 1. The SMILES string of the molecule is O=C(CSc1nc2[nH]c(=O)cc(O)c2s1)Nc1ccccc1C(F)(F)F. The molecule has 136 valence electrons. The number of thiazole rings is 1. The van der Waals surface area contributed by atoms with Crippen LogP contribution in [0.25, 0.3) is 10.3 Å². The van der Waals surface area contributed by atoms with Crippen LogP contribution in [-0.2, 0) is 11.0 Å². The van der Waals surface area contributed by atoms with E-state index in [4.69, 9.17) is 0 Å². The molecule has 0 fully saturated rings. The van der Waals surface area contributed by atoms with E-state index < -0.39 is 23.2 Å². The number of H-pyrrole nitrogens is 1. The number of rotatable bonds is 4. The van der Waals surface area contributed by atoms with E-state index in [1.54, 1.807) is 0 Å². The number of anilines is 1. The third kappa shape index (κ3) is 3.99. The molecule has 0 bridgehead atoms. The molecular formula is C15H10F3N3O3S2. The van der Waals surface area contributed by atoms with Gasteiger partial charge in [0.25, 0.3) is 5.56 Å². The van der Waals surface area contributed by atoms with Crippen LogP contribution < -0.4 is 10.9 Å². The van der Waals surface area contributed by atoms with Crippen molar-refractivity contribution < 1.29 is 23.1 Å². The highest BCUT2D eigenvalue weighted by atomic mass is 32.2. The molecule has 0 spiro atoms. The molecule has 0 aliphatic rings. The first kappa shape index (κ1) is 18.3. The second-order valence-corrected chi connectivity index (χ2v) is 7.28. The summed E-state index contributed by atoms with van der Waals surface area (Å²) in [5, 5.41) is 11.9. The van der Waals surface area contributed by atoms with Gasteiger partial charge in [0.15, 0.2) is 9.99 Å². The van der Waals surface area contributed by atoms with Gasteiger partial charge >= 0.3 is 6.18 Å². The van der Waals surface area contributed by atoms with Crippen LogP contribution >= 0.6 is 23.1 Å². The average molecular weight is 401 g/mol. The van der Waals surface area contributed by atoms with Gasteiger partial charge in [0, 0.05) is 6.07 Å². The van der Waals surface area contributed by atoms with Gasteiger partial charge in [0.05, 0.1) is 17.0 Å². The fourth-order valence-electron chi connectivity index (χ4n) is 2.12. The molecule has 0 unspecified atom stereocenters. The van der Waals surface area contributed by atoms with Gasteiger partial charge in [-0.25, -0.2) is 4.98 Å². The quantitative estimate of drug-likeness (QED) is 0.582. The maximum Gasteiger partial charge on any atom is 0.418 e. The number of pyridine rings is 1. The molecule has 0 aliphatic carbocycles. The number of nitrogens with zero attached hydrogens (tertiary/aromatic N) is 1. The van der Waals surface area contributed by atoms with E-state index in [0.29, 0.717) is 9.04 Å². The standard InChI is InChI=1S/C15H10F3N3O3S2/c16-15(17,18)7-3-1-2-4-8(7)19-11(24)6-25-14-21-13-12(26-14)9(22)5-10(23)20-13/h1-5H,6H2,(H,19,24)(H2,20,22,23). The van der Waals surface area contributed by atoms with E-state index >= 15 is 0 Å². The number of carbonyl (C=O) groups is 1. The smallest absolute Gasteiger partial charge is 0.418 e. The average Bonchev–Trinajstić information content (AvgIpc) is 2.96. The number of benzene rings is 1. The van der Waals surface area contributed by atoms with Gasteiger partial charge in [0.1, 0.15) is 10.4 Å². The fraction of sp³-hybridized carbons (Fsp3) is 0.133. The van der Waals surface area contributed by atoms with E-state index in [2.05, 4.69) is 15.3 Å². The number of aromatic amines is 1. The van der Waals surface area contributed by atoms with Crippen LogP contribution in [0.4, 0.5) is 18.9 Å². The van der Waals surface area contributed by atoms with Crippen molar-refractivity contribution in [3.63, 3.8) is 0 Å². The van der Waals surface area contributed by atoms with Gasteiger partial charge in [-0.05, 0) is 12.1 Å². The van der Waals surface area contributed by atoms with Crippen LogP contribution in [0.5, 0.6) is 5.75 Å². The summed E-state index contributed by atoms with van der Waals surface area (Å²) < 4.78 is 39.5. The Balaban J connectivity index is 1.71. The summed E-state index contributed by atoms with van der Waals surface area (Å²) >= 11 is 2.04. The Bertz CT molecular complexity index is 1030. The zero-order valence-corrected chi connectivity index (χ0v) is 14.4. The molecular weight excluding hydrogens is 391 g/mol. The van der Waals surface area contributed by atoms with Crippen molar-refractivity contribution in [2.24, 2.45) is 0 Å². The zero-order chi connectivity index (χ0) is 18.9. The molecule has 0 aliphatic heterocycles. The molecule has 3 rings (SSSR count). The highest BCUT2D eigenvalue weighted by Gasteiger charge is 2.33. The van der Waals surface area contributed by atoms with E-state index in [-0.39, 0.29) is 22.8 Å². The molecule has 2 aromatic heterocycles. The number of nitrogens with one attached hydrogen (secondary N) is 2. The normalized spacial score (nSPS) is 11.7. The van der Waals surface area contributed by atoms with Crippen molar-refractivity contribution in [3.05, 3.63) is 46.2 Å². The molecule has 3 N–H and O–H groups in total. The van der Waals surface area contributed by atoms with Crippen LogP contribution in [0.15, 0.2) is 39.5 Å². The first-order valence-corrected chi connectivity index (χ1v) is 8.86. The molecule has 0 saturated carbocycles. The van der Waals surface area contributed by atoms with Gasteiger partial charge in [-0.15, -0.1) is 11.3 Å². The van der Waals surface area contributed by atoms with Crippen LogP contribution in [0.3, 0.4) is 0 Å². The summed E-state index contributed by atoms with van der Waals surface area (Å²) in [7, 11) is 0. The minimum absolute atomic E-state index is 0.184. The number of aromatic hydroxyl groups is 1. The summed E-state index contributed by atoms with van der Waals surface area (Å²) in [6.45, 7) is 0. The lowest BCUT2D eigenvalue weighted by Crippen LogP contribution is -2.18. The monoisotopic (exact) mass is 401 g/mol. The Labute approximate surface area is 152 Å². The number of alkyl halides is 3. The van der Waals surface area contributed by atoms with E-state index in [1.807, 2.05) is 0 Å². The Hall–Kier alpha value is -2.53. The largest absolute Gasteiger partial charge is 0.506 e. The lowest BCUT2D eigenvalue weighted by Gasteiger charge is -2.13. The summed E-state index contributed by atoms with van der Waals surface area (Å²) in [5.41, 5.74) is -1.58. The van der Waals surface area contributed by atoms with Gasteiger partial charge in [0.2, 0.25) is 5.91 Å². The number of carbonyl (C=O) groups excluding carboxylic acids is 1. The van der Waals surface area contributed by atoms with Crippen molar-refractivity contribution in [1.82, 2.24) is 9.97 Å². The molecule has 6 nitrogen and oxygen atoms in total. The van der Waals surface area contributed by atoms with Crippen molar-refractivity contribution in [2.75, 3.05) is 11.1 Å². The second-order valence-electron chi connectivity index (χ2n) is 5.06. The van der Waals surface area contributed by atoms with Gasteiger partial charge in [-0.2, -0.15) is 13.2 Å². The maximum atomic E-state index is 12.9. The Morgan fingerprint density at radius 2 is 2.08 bits per heavy atom. The molecule has 26 heavy (non-hydrogen) atoms. The van der Waals surface area contributed by atoms with Crippen LogP contribution in [-0.4, -0.2) is 26.7 Å². The molecule has 2 heterocycles. The number of amides is 1. The predicted molar refractivity (Wildman–Crippen MR) is 92.7 cm³/mol. The molecule has 1 amide bonds. The van der Waals surface area contributed by atoms with Gasteiger partial charge in [-0.1, -0.05) is 23.9 Å². The fourth-order valence-corrected chi connectivity index (χ4v) is 3.93. The number of aromatic nitrogens is 2. The summed E-state index contributed by atoms with van der Waals surface area (Å²) in [6.07, 6.45) is -4.58. The number of fused-ring (bicyclic) bond motifs is 1. The zero-order valence-electron chi connectivity index (χ0n) is 12.8. The Morgan fingerprint density at radius 3 is 2.81 bits per heavy atom. The minimum Gasteiger partial charge on any atom is -0.506 e. The molecule has 0 radical (unpaired) electrons. The number of thioether (sulfide) groups is 1. The van der Waals surface area contributed by atoms with Crippen LogP contribution in [0, 0.1) is 0 Å². The van der Waals surface area contributed by atoms with Gasteiger partial charge < -0.3 is 15.4 Å². The minimum atomic E-state index is -4.58. The number of hydrogen-bond acceptors (Lipinski definition) is 6. The second kappa shape index (κ2) is 7.00. The Morgan fingerprint density at radius 1 is 1.35 bits per heavy atom. The molecule has 1 aromatic carbocycles. The van der Waals surface area contributed by atoms with E-state index in [0.717, 1.165) is 35.2 Å². The summed E-state index contributed by atoms with van der Waals surface area (Å²) in [4.78, 5) is 29.8.